The summed E-state index contributed by atoms with van der Waals surface area (Å²) in [5.74, 6) is 1.33. The third-order valence-corrected chi connectivity index (χ3v) is 10.4. The Labute approximate surface area is 264 Å². The molecule has 0 bridgehead atoms. The molecule has 0 saturated heterocycles. The van der Waals surface area contributed by atoms with E-state index in [9.17, 15) is 8.42 Å². The lowest BCUT2D eigenvalue weighted by atomic mass is 9.94. The van der Waals surface area contributed by atoms with Gasteiger partial charge in [-0.05, 0) is 35.9 Å². The molecule has 6 nitrogen and oxygen atoms in total. The van der Waals surface area contributed by atoms with Gasteiger partial charge in [0.1, 0.15) is 11.2 Å². The molecular formula is C39H23N3O3S. The summed E-state index contributed by atoms with van der Waals surface area (Å²) in [4.78, 5) is 15.4. The van der Waals surface area contributed by atoms with Crippen LogP contribution in [0.5, 0.6) is 0 Å². The van der Waals surface area contributed by atoms with Crippen molar-refractivity contribution in [3.63, 3.8) is 0 Å². The van der Waals surface area contributed by atoms with E-state index >= 15 is 0 Å². The summed E-state index contributed by atoms with van der Waals surface area (Å²) in [6.07, 6.45) is 0. The molecule has 0 atom stereocenters. The van der Waals surface area contributed by atoms with E-state index in [0.717, 1.165) is 38.6 Å². The first-order valence-electron chi connectivity index (χ1n) is 14.9. The second-order valence-electron chi connectivity index (χ2n) is 11.2. The van der Waals surface area contributed by atoms with Gasteiger partial charge in [0.15, 0.2) is 17.5 Å². The maximum Gasteiger partial charge on any atom is 0.208 e. The zero-order valence-corrected chi connectivity index (χ0v) is 25.1. The minimum Gasteiger partial charge on any atom is -0.456 e. The van der Waals surface area contributed by atoms with Crippen LogP contribution in [-0.4, -0.2) is 23.4 Å². The molecule has 8 aromatic rings. The quantitative estimate of drug-likeness (QED) is 0.197. The Morgan fingerprint density at radius 1 is 0.457 bits per heavy atom. The number of hydrogen-bond donors (Lipinski definition) is 0. The second-order valence-corrected chi connectivity index (χ2v) is 13.1. The molecule has 7 heteroatoms. The molecule has 9 rings (SSSR count). The lowest BCUT2D eigenvalue weighted by molar-refractivity contribution is 0.599. The van der Waals surface area contributed by atoms with Crippen molar-refractivity contribution in [2.75, 3.05) is 0 Å². The summed E-state index contributed by atoms with van der Waals surface area (Å²) < 4.78 is 34.5. The number of aromatic nitrogens is 3. The molecule has 46 heavy (non-hydrogen) atoms. The topological polar surface area (TPSA) is 86.0 Å². The van der Waals surface area contributed by atoms with Crippen LogP contribution in [0.4, 0.5) is 0 Å². The summed E-state index contributed by atoms with van der Waals surface area (Å²) in [6.45, 7) is 0. The average molecular weight is 614 g/mol. The van der Waals surface area contributed by atoms with Crippen molar-refractivity contribution in [3.05, 3.63) is 140 Å². The Morgan fingerprint density at radius 3 is 1.87 bits per heavy atom. The van der Waals surface area contributed by atoms with E-state index in [0.29, 0.717) is 39.7 Å². The normalized spacial score (nSPS) is 13.1. The number of rotatable bonds is 4. The van der Waals surface area contributed by atoms with Gasteiger partial charge in [-0.25, -0.2) is 23.4 Å². The highest BCUT2D eigenvalue weighted by molar-refractivity contribution is 7.92. The predicted octanol–water partition coefficient (Wildman–Crippen LogP) is 9.25. The fraction of sp³-hybridized carbons (Fsp3) is 0. The van der Waals surface area contributed by atoms with Gasteiger partial charge in [0.05, 0.1) is 9.79 Å². The molecule has 0 unspecified atom stereocenters. The monoisotopic (exact) mass is 613 g/mol. The van der Waals surface area contributed by atoms with E-state index in [2.05, 4.69) is 0 Å². The molecule has 0 amide bonds. The first-order valence-corrected chi connectivity index (χ1v) is 16.3. The number of benzene rings is 6. The summed E-state index contributed by atoms with van der Waals surface area (Å²) in [5.41, 5.74) is 6.44. The third-order valence-electron chi connectivity index (χ3n) is 8.50. The Balaban J connectivity index is 1.32. The zero-order chi connectivity index (χ0) is 30.8. The minimum absolute atomic E-state index is 0.268. The summed E-state index contributed by atoms with van der Waals surface area (Å²) >= 11 is 0. The van der Waals surface area contributed by atoms with Crippen LogP contribution in [0.15, 0.2) is 154 Å². The van der Waals surface area contributed by atoms with Crippen LogP contribution in [0, 0.1) is 0 Å². The average Bonchev–Trinajstić information content (AvgIpc) is 3.60. The van der Waals surface area contributed by atoms with Crippen LogP contribution in [0.3, 0.4) is 0 Å². The van der Waals surface area contributed by atoms with Gasteiger partial charge in [0.25, 0.3) is 0 Å². The van der Waals surface area contributed by atoms with Crippen LogP contribution in [0.2, 0.25) is 0 Å². The molecule has 0 spiro atoms. The predicted molar refractivity (Wildman–Crippen MR) is 180 cm³/mol. The van der Waals surface area contributed by atoms with Gasteiger partial charge >= 0.3 is 0 Å². The molecule has 1 aliphatic heterocycles. The fourth-order valence-corrected chi connectivity index (χ4v) is 8.29. The van der Waals surface area contributed by atoms with Crippen LogP contribution >= 0.6 is 0 Å². The highest BCUT2D eigenvalue weighted by atomic mass is 32.2. The molecule has 0 fully saturated rings. The van der Waals surface area contributed by atoms with Crippen molar-refractivity contribution in [1.29, 1.82) is 0 Å². The van der Waals surface area contributed by atoms with Gasteiger partial charge in [-0.15, -0.1) is 0 Å². The SMILES string of the molecule is O=S1(=O)c2ccccc2-c2c(-c3nc(-c4ccccc4)nc(-c4ccc5c(c4)oc4ccccc45)n3)ccc(-c3ccccc3)c21. The highest BCUT2D eigenvalue weighted by Crippen LogP contribution is 2.51. The summed E-state index contributed by atoms with van der Waals surface area (Å²) in [6, 6.07) is 44.2. The van der Waals surface area contributed by atoms with E-state index < -0.39 is 9.84 Å². The molecule has 0 saturated carbocycles. The largest absolute Gasteiger partial charge is 0.456 e. The van der Waals surface area contributed by atoms with Gasteiger partial charge in [-0.2, -0.15) is 0 Å². The van der Waals surface area contributed by atoms with Crippen molar-refractivity contribution in [1.82, 2.24) is 15.0 Å². The summed E-state index contributed by atoms with van der Waals surface area (Å²) in [5, 5.41) is 2.05. The fourth-order valence-electron chi connectivity index (χ4n) is 6.38. The molecular weight excluding hydrogens is 591 g/mol. The minimum atomic E-state index is -3.82. The zero-order valence-electron chi connectivity index (χ0n) is 24.3. The molecule has 3 heterocycles. The number of para-hydroxylation sites is 1. The lowest BCUT2D eigenvalue weighted by Gasteiger charge is -2.14. The van der Waals surface area contributed by atoms with Gasteiger partial charge in [-0.3, -0.25) is 0 Å². The Kier molecular flexibility index (Phi) is 5.79. The van der Waals surface area contributed by atoms with Crippen LogP contribution in [0.25, 0.3) is 78.4 Å². The molecule has 1 aliphatic rings. The molecule has 2 aromatic heterocycles. The first-order chi connectivity index (χ1) is 22.6. The molecule has 218 valence electrons. The van der Waals surface area contributed by atoms with Crippen molar-refractivity contribution < 1.29 is 12.8 Å². The Bertz CT molecular complexity index is 2600. The number of nitrogens with zero attached hydrogens (tertiary/aromatic N) is 3. The van der Waals surface area contributed by atoms with Crippen molar-refractivity contribution in [2.24, 2.45) is 0 Å². The third kappa shape index (κ3) is 4.02. The van der Waals surface area contributed by atoms with E-state index in [1.54, 1.807) is 12.1 Å². The number of hydrogen-bond acceptors (Lipinski definition) is 6. The number of fused-ring (bicyclic) bond motifs is 6. The Hall–Kier alpha value is -5.92. The van der Waals surface area contributed by atoms with Crippen LogP contribution < -0.4 is 0 Å². The van der Waals surface area contributed by atoms with Gasteiger partial charge in [-0.1, -0.05) is 109 Å². The van der Waals surface area contributed by atoms with E-state index in [1.165, 1.54) is 0 Å². The molecule has 0 radical (unpaired) electrons. The molecule has 0 N–H and O–H groups in total. The van der Waals surface area contributed by atoms with Gasteiger partial charge < -0.3 is 4.42 Å². The molecule has 0 aliphatic carbocycles. The molecule has 6 aromatic carbocycles. The standard InChI is InChI=1S/C39H23N3O3S/c43-46(44)34-18-10-8-16-30(34)35-31(22-21-27(36(35)46)24-11-3-1-4-12-24)39-41-37(25-13-5-2-6-14-25)40-38(42-39)26-19-20-29-28-15-7-9-17-32(28)45-33(29)23-26/h1-23H. The van der Waals surface area contributed by atoms with Crippen molar-refractivity contribution in [3.8, 4) is 56.4 Å². The maximum absolute atomic E-state index is 14.2. The van der Waals surface area contributed by atoms with Crippen LogP contribution in [-0.2, 0) is 9.84 Å². The van der Waals surface area contributed by atoms with Crippen molar-refractivity contribution in [2.45, 2.75) is 9.79 Å². The van der Waals surface area contributed by atoms with Crippen molar-refractivity contribution >= 4 is 31.8 Å². The van der Waals surface area contributed by atoms with E-state index in [-0.39, 0.29) is 9.79 Å². The maximum atomic E-state index is 14.2. The Morgan fingerprint density at radius 2 is 1.07 bits per heavy atom. The second kappa shape index (κ2) is 10.1. The highest BCUT2D eigenvalue weighted by Gasteiger charge is 2.38. The van der Waals surface area contributed by atoms with Gasteiger partial charge in [0, 0.05) is 44.2 Å². The number of furan rings is 1. The van der Waals surface area contributed by atoms with E-state index in [4.69, 9.17) is 19.4 Å². The van der Waals surface area contributed by atoms with Gasteiger partial charge in [0.2, 0.25) is 9.84 Å². The lowest BCUT2D eigenvalue weighted by Crippen LogP contribution is -2.03. The first kappa shape index (κ1) is 26.5. The number of sulfone groups is 1. The summed E-state index contributed by atoms with van der Waals surface area (Å²) in [7, 11) is -3.82. The smallest absolute Gasteiger partial charge is 0.208 e. The van der Waals surface area contributed by atoms with Crippen LogP contribution in [0.1, 0.15) is 0 Å². The van der Waals surface area contributed by atoms with E-state index in [1.807, 2.05) is 127 Å².